The van der Waals surface area contributed by atoms with Gasteiger partial charge in [0.25, 0.3) is 15.9 Å². The number of sulfonamides is 2. The summed E-state index contributed by atoms with van der Waals surface area (Å²) in [6.45, 7) is 2.58. The van der Waals surface area contributed by atoms with Crippen LogP contribution in [-0.4, -0.2) is 40.1 Å². The molecule has 0 unspecified atom stereocenters. The van der Waals surface area contributed by atoms with Crippen LogP contribution in [0.5, 0.6) is 0 Å². The zero-order valence-electron chi connectivity index (χ0n) is 19.2. The van der Waals surface area contributed by atoms with Crippen molar-refractivity contribution in [1.82, 2.24) is 4.31 Å². The van der Waals surface area contributed by atoms with Crippen LogP contribution >= 0.6 is 23.2 Å². The number of nitrogens with one attached hydrogen (secondary N) is 2. The smallest absolute Gasteiger partial charge is 0.261 e. The third-order valence-corrected chi connectivity index (χ3v) is 9.83. The molecule has 8 nitrogen and oxygen atoms in total. The summed E-state index contributed by atoms with van der Waals surface area (Å²) in [4.78, 5) is 12.9. The van der Waals surface area contributed by atoms with E-state index in [-0.39, 0.29) is 20.4 Å². The molecular weight excluding hydrogens is 545 g/mol. The summed E-state index contributed by atoms with van der Waals surface area (Å²) >= 11 is 12.3. The number of carbonyl (C=O) groups is 1. The fourth-order valence-electron chi connectivity index (χ4n) is 3.75. The number of hydrogen-bond donors (Lipinski definition) is 2. The summed E-state index contributed by atoms with van der Waals surface area (Å²) in [6.07, 6.45) is 1.58. The lowest BCUT2D eigenvalue weighted by molar-refractivity contribution is 0.102. The van der Waals surface area contributed by atoms with Crippen LogP contribution in [0.4, 0.5) is 11.4 Å². The molecule has 0 aromatic heterocycles. The topological polar surface area (TPSA) is 113 Å². The van der Waals surface area contributed by atoms with Crippen molar-refractivity contribution in [2.45, 2.75) is 29.6 Å². The van der Waals surface area contributed by atoms with Crippen molar-refractivity contribution in [1.29, 1.82) is 0 Å². The average Bonchev–Trinajstić information content (AvgIpc) is 3.38. The van der Waals surface area contributed by atoms with Gasteiger partial charge in [-0.15, -0.1) is 0 Å². The van der Waals surface area contributed by atoms with Crippen LogP contribution in [-0.2, 0) is 20.0 Å². The molecule has 0 spiro atoms. The van der Waals surface area contributed by atoms with Gasteiger partial charge >= 0.3 is 0 Å². The molecule has 0 bridgehead atoms. The van der Waals surface area contributed by atoms with E-state index < -0.39 is 26.0 Å². The van der Waals surface area contributed by atoms with E-state index in [9.17, 15) is 21.6 Å². The molecule has 3 aromatic rings. The highest BCUT2D eigenvalue weighted by Crippen LogP contribution is 2.28. The SMILES string of the molecule is Cc1c(Cl)cccc1NS(=O)(=O)c1ccc(NC(=O)c2cc(S(=O)(=O)N3CCCC3)ccc2Cl)cc1. The Balaban J connectivity index is 1.51. The Morgan fingerprint density at radius 1 is 0.861 bits per heavy atom. The number of benzene rings is 3. The molecule has 1 aliphatic rings. The highest BCUT2D eigenvalue weighted by atomic mass is 35.5. The summed E-state index contributed by atoms with van der Waals surface area (Å²) in [6, 6.07) is 14.4. The molecule has 12 heteroatoms. The zero-order valence-corrected chi connectivity index (χ0v) is 22.3. The highest BCUT2D eigenvalue weighted by Gasteiger charge is 2.28. The molecule has 2 N–H and O–H groups in total. The molecule has 0 atom stereocenters. The first-order valence-electron chi connectivity index (χ1n) is 11.0. The lowest BCUT2D eigenvalue weighted by atomic mass is 10.2. The second-order valence-electron chi connectivity index (χ2n) is 8.25. The number of nitrogens with zero attached hydrogens (tertiary/aromatic N) is 1. The Labute approximate surface area is 220 Å². The van der Waals surface area contributed by atoms with Crippen molar-refractivity contribution in [3.63, 3.8) is 0 Å². The van der Waals surface area contributed by atoms with Crippen molar-refractivity contribution in [2.24, 2.45) is 0 Å². The molecule has 0 radical (unpaired) electrons. The molecule has 0 aliphatic carbocycles. The number of halogens is 2. The highest BCUT2D eigenvalue weighted by molar-refractivity contribution is 7.92. The number of carbonyl (C=O) groups excluding carboxylic acids is 1. The van der Waals surface area contributed by atoms with Gasteiger partial charge in [-0.3, -0.25) is 9.52 Å². The normalized spacial score (nSPS) is 14.5. The molecule has 1 amide bonds. The Hall–Kier alpha value is -2.63. The third-order valence-electron chi connectivity index (χ3n) is 5.82. The molecule has 1 fully saturated rings. The lowest BCUT2D eigenvalue weighted by Crippen LogP contribution is -2.28. The van der Waals surface area contributed by atoms with E-state index in [1.165, 1.54) is 46.8 Å². The van der Waals surface area contributed by atoms with Gasteiger partial charge in [0.1, 0.15) is 0 Å². The lowest BCUT2D eigenvalue weighted by Gasteiger charge is -2.16. The van der Waals surface area contributed by atoms with Gasteiger partial charge in [-0.2, -0.15) is 4.31 Å². The largest absolute Gasteiger partial charge is 0.322 e. The van der Waals surface area contributed by atoms with E-state index in [0.29, 0.717) is 35.1 Å². The van der Waals surface area contributed by atoms with Gasteiger partial charge in [0, 0.05) is 23.8 Å². The number of hydrogen-bond acceptors (Lipinski definition) is 5. The number of amides is 1. The predicted octanol–water partition coefficient (Wildman–Crippen LogP) is 5.14. The average molecular weight is 569 g/mol. The molecule has 3 aromatic carbocycles. The van der Waals surface area contributed by atoms with Crippen LogP contribution in [0.15, 0.2) is 70.5 Å². The number of rotatable bonds is 7. The Kier molecular flexibility index (Phi) is 7.63. The fourth-order valence-corrected chi connectivity index (χ4v) is 6.80. The van der Waals surface area contributed by atoms with Crippen molar-refractivity contribution < 1.29 is 21.6 Å². The molecule has 1 aliphatic heterocycles. The summed E-state index contributed by atoms with van der Waals surface area (Å²) in [7, 11) is -7.63. The van der Waals surface area contributed by atoms with Crippen molar-refractivity contribution in [3.05, 3.63) is 81.8 Å². The van der Waals surface area contributed by atoms with Gasteiger partial charge in [-0.05, 0) is 79.9 Å². The molecule has 0 saturated carbocycles. The Morgan fingerprint density at radius 3 is 2.17 bits per heavy atom. The van der Waals surface area contributed by atoms with Crippen LogP contribution in [0.25, 0.3) is 0 Å². The first-order chi connectivity index (χ1) is 17.0. The molecule has 1 saturated heterocycles. The first-order valence-corrected chi connectivity index (χ1v) is 14.7. The van der Waals surface area contributed by atoms with E-state index >= 15 is 0 Å². The van der Waals surface area contributed by atoms with E-state index in [4.69, 9.17) is 23.2 Å². The van der Waals surface area contributed by atoms with Crippen molar-refractivity contribution in [2.75, 3.05) is 23.1 Å². The van der Waals surface area contributed by atoms with Crippen LogP contribution in [0, 0.1) is 6.92 Å². The maximum atomic E-state index is 12.9. The van der Waals surface area contributed by atoms with Crippen molar-refractivity contribution >= 4 is 60.5 Å². The van der Waals surface area contributed by atoms with Gasteiger partial charge in [-0.25, -0.2) is 16.8 Å². The summed E-state index contributed by atoms with van der Waals surface area (Å²) in [5.41, 5.74) is 1.25. The maximum absolute atomic E-state index is 12.9. The fraction of sp³-hybridized carbons (Fsp3) is 0.208. The minimum absolute atomic E-state index is 0.00765. The van der Waals surface area contributed by atoms with Crippen LogP contribution in [0.3, 0.4) is 0 Å². The monoisotopic (exact) mass is 567 g/mol. The van der Waals surface area contributed by atoms with E-state index in [2.05, 4.69) is 10.0 Å². The summed E-state index contributed by atoms with van der Waals surface area (Å²) in [5.74, 6) is -0.623. The molecule has 36 heavy (non-hydrogen) atoms. The van der Waals surface area contributed by atoms with Crippen molar-refractivity contribution in [3.8, 4) is 0 Å². The summed E-state index contributed by atoms with van der Waals surface area (Å²) in [5, 5.41) is 3.15. The third kappa shape index (κ3) is 5.52. The summed E-state index contributed by atoms with van der Waals surface area (Å²) < 4.78 is 55.2. The Bertz CT molecular complexity index is 1520. The van der Waals surface area contributed by atoms with Gasteiger partial charge in [0.15, 0.2) is 0 Å². The Morgan fingerprint density at radius 2 is 1.50 bits per heavy atom. The van der Waals surface area contributed by atoms with E-state index in [1.54, 1.807) is 25.1 Å². The molecular formula is C24H23Cl2N3O5S2. The first kappa shape index (κ1) is 26.4. The zero-order chi connectivity index (χ0) is 26.1. The molecule has 4 rings (SSSR count). The standard InChI is InChI=1S/C24H23Cl2N3O5S2/c1-16-21(25)5-4-6-23(16)28-35(31,32)18-9-7-17(8-10-18)27-24(30)20-15-19(11-12-22(20)26)36(33,34)29-13-2-3-14-29/h4-12,15,28H,2-3,13-14H2,1H3,(H,27,30). The van der Waals surface area contributed by atoms with Gasteiger partial charge < -0.3 is 5.32 Å². The van der Waals surface area contributed by atoms with Gasteiger partial charge in [0.2, 0.25) is 10.0 Å². The van der Waals surface area contributed by atoms with E-state index in [1.807, 2.05) is 0 Å². The molecule has 190 valence electrons. The second-order valence-corrected chi connectivity index (χ2v) is 12.7. The van der Waals surface area contributed by atoms with Gasteiger partial charge in [0.05, 0.1) is 26.1 Å². The minimum Gasteiger partial charge on any atom is -0.322 e. The predicted molar refractivity (Wildman–Crippen MR) is 141 cm³/mol. The van der Waals surface area contributed by atoms with E-state index in [0.717, 1.165) is 12.8 Å². The molecule has 1 heterocycles. The van der Waals surface area contributed by atoms with Gasteiger partial charge in [-0.1, -0.05) is 29.3 Å². The van der Waals surface area contributed by atoms with Crippen LogP contribution in [0.1, 0.15) is 28.8 Å². The number of anilines is 2. The maximum Gasteiger partial charge on any atom is 0.261 e. The minimum atomic E-state index is -3.90. The quantitative estimate of drug-likeness (QED) is 0.410. The van der Waals surface area contributed by atoms with Crippen LogP contribution in [0.2, 0.25) is 10.0 Å². The van der Waals surface area contributed by atoms with Crippen LogP contribution < -0.4 is 10.0 Å². The second kappa shape index (κ2) is 10.4.